The summed E-state index contributed by atoms with van der Waals surface area (Å²) in [5.74, 6) is -1.06. The first kappa shape index (κ1) is 14.6. The molecule has 0 bridgehead atoms. The third-order valence-corrected chi connectivity index (χ3v) is 2.83. The Kier molecular flexibility index (Phi) is 3.93. The highest BCUT2D eigenvalue weighted by atomic mass is 16.5. The number of hydrogen-bond acceptors (Lipinski definition) is 4. The number of H-pyrrole nitrogens is 2. The summed E-state index contributed by atoms with van der Waals surface area (Å²) in [7, 11) is 1.25. The molecular formula is C14H15N3O4. The van der Waals surface area contributed by atoms with Crippen LogP contribution in [-0.2, 0) is 4.74 Å². The number of pyridine rings is 1. The van der Waals surface area contributed by atoms with Gasteiger partial charge in [-0.15, -0.1) is 0 Å². The van der Waals surface area contributed by atoms with Gasteiger partial charge in [-0.1, -0.05) is 0 Å². The molecule has 0 aliphatic heterocycles. The first-order valence-corrected chi connectivity index (χ1v) is 6.21. The second kappa shape index (κ2) is 5.66. The monoisotopic (exact) mass is 289 g/mol. The van der Waals surface area contributed by atoms with Gasteiger partial charge >= 0.3 is 5.97 Å². The number of methoxy groups -OCH3 is 1. The maximum atomic E-state index is 12.2. The molecule has 0 aromatic carbocycles. The second-order valence-corrected chi connectivity index (χ2v) is 4.60. The van der Waals surface area contributed by atoms with Gasteiger partial charge in [0.2, 0.25) is 5.56 Å². The van der Waals surface area contributed by atoms with Gasteiger partial charge in [0.05, 0.1) is 12.8 Å². The Balaban J connectivity index is 2.31. The van der Waals surface area contributed by atoms with Crippen molar-refractivity contribution in [2.24, 2.45) is 0 Å². The largest absolute Gasteiger partial charge is 0.464 e. The Morgan fingerprint density at radius 3 is 2.38 bits per heavy atom. The van der Waals surface area contributed by atoms with E-state index in [1.165, 1.54) is 13.2 Å². The number of aromatic nitrogens is 2. The van der Waals surface area contributed by atoms with Crippen molar-refractivity contribution >= 4 is 17.6 Å². The fourth-order valence-corrected chi connectivity index (χ4v) is 1.96. The molecule has 1 amide bonds. The van der Waals surface area contributed by atoms with Crippen molar-refractivity contribution in [3.8, 4) is 0 Å². The topological polar surface area (TPSA) is 104 Å². The summed E-state index contributed by atoms with van der Waals surface area (Å²) in [6.07, 6.45) is 0. The number of nitrogens with one attached hydrogen (secondary N) is 3. The van der Waals surface area contributed by atoms with Crippen LogP contribution in [0.1, 0.15) is 32.2 Å². The van der Waals surface area contributed by atoms with E-state index in [1.54, 1.807) is 26.0 Å². The van der Waals surface area contributed by atoms with E-state index in [1.807, 2.05) is 0 Å². The van der Waals surface area contributed by atoms with Gasteiger partial charge in [-0.05, 0) is 26.0 Å². The van der Waals surface area contributed by atoms with Crippen LogP contribution in [0.25, 0.3) is 0 Å². The summed E-state index contributed by atoms with van der Waals surface area (Å²) < 4.78 is 4.64. The Labute approximate surface area is 120 Å². The van der Waals surface area contributed by atoms with Gasteiger partial charge < -0.3 is 20.0 Å². The number of rotatable bonds is 3. The summed E-state index contributed by atoms with van der Waals surface area (Å²) in [5.41, 5.74) is 1.59. The van der Waals surface area contributed by atoms with Crippen LogP contribution >= 0.6 is 0 Å². The molecule has 2 rings (SSSR count). The Morgan fingerprint density at radius 2 is 1.76 bits per heavy atom. The van der Waals surface area contributed by atoms with Crippen LogP contribution in [0.5, 0.6) is 0 Å². The standard InChI is InChI=1S/C14H15N3O4/c1-7-4-9(6-11(18)15-7)13(19)17-10-5-8(2)16-12(10)14(20)21-3/h4-6,16H,1-3H3,(H,15,18)(H,17,19). The van der Waals surface area contributed by atoms with Crippen molar-refractivity contribution < 1.29 is 14.3 Å². The summed E-state index contributed by atoms with van der Waals surface area (Å²) in [6.45, 7) is 3.43. The van der Waals surface area contributed by atoms with Gasteiger partial charge in [-0.25, -0.2) is 4.79 Å². The van der Waals surface area contributed by atoms with E-state index in [-0.39, 0.29) is 16.8 Å². The highest BCUT2D eigenvalue weighted by Gasteiger charge is 2.17. The van der Waals surface area contributed by atoms with Crippen LogP contribution in [0.4, 0.5) is 5.69 Å². The molecule has 7 nitrogen and oxygen atoms in total. The number of hydrogen-bond donors (Lipinski definition) is 3. The van der Waals surface area contributed by atoms with Crippen LogP contribution in [0, 0.1) is 13.8 Å². The Morgan fingerprint density at radius 1 is 1.10 bits per heavy atom. The van der Waals surface area contributed by atoms with Crippen molar-refractivity contribution in [2.75, 3.05) is 12.4 Å². The molecule has 3 N–H and O–H groups in total. The molecule has 2 aromatic rings. The Hall–Kier alpha value is -2.83. The molecule has 21 heavy (non-hydrogen) atoms. The third-order valence-electron chi connectivity index (χ3n) is 2.83. The molecule has 0 saturated carbocycles. The minimum absolute atomic E-state index is 0.157. The average molecular weight is 289 g/mol. The normalized spacial score (nSPS) is 10.2. The van der Waals surface area contributed by atoms with Crippen molar-refractivity contribution in [3.05, 3.63) is 51.2 Å². The third kappa shape index (κ3) is 3.19. The number of carbonyl (C=O) groups is 2. The van der Waals surface area contributed by atoms with E-state index in [4.69, 9.17) is 0 Å². The lowest BCUT2D eigenvalue weighted by atomic mass is 10.2. The molecule has 0 saturated heterocycles. The summed E-state index contributed by atoms with van der Waals surface area (Å²) >= 11 is 0. The summed E-state index contributed by atoms with van der Waals surface area (Å²) in [4.78, 5) is 40.5. The number of amides is 1. The maximum Gasteiger partial charge on any atom is 0.356 e. The molecule has 7 heteroatoms. The van der Waals surface area contributed by atoms with E-state index in [2.05, 4.69) is 20.0 Å². The average Bonchev–Trinajstić information content (AvgIpc) is 2.77. The lowest BCUT2D eigenvalue weighted by Gasteiger charge is -2.06. The molecule has 0 spiro atoms. The zero-order valence-corrected chi connectivity index (χ0v) is 11.9. The van der Waals surface area contributed by atoms with Crippen LogP contribution in [-0.4, -0.2) is 29.0 Å². The molecule has 2 aromatic heterocycles. The lowest BCUT2D eigenvalue weighted by molar-refractivity contribution is 0.0596. The van der Waals surface area contributed by atoms with Crippen molar-refractivity contribution in [2.45, 2.75) is 13.8 Å². The first-order valence-electron chi connectivity index (χ1n) is 6.21. The first-order chi connectivity index (χ1) is 9.90. The molecular weight excluding hydrogens is 274 g/mol. The highest BCUT2D eigenvalue weighted by molar-refractivity contribution is 6.07. The SMILES string of the molecule is COC(=O)c1[nH]c(C)cc1NC(=O)c1cc(C)[nH]c(=O)c1. The lowest BCUT2D eigenvalue weighted by Crippen LogP contribution is -2.18. The maximum absolute atomic E-state index is 12.2. The molecule has 0 unspecified atom stereocenters. The highest BCUT2D eigenvalue weighted by Crippen LogP contribution is 2.18. The zero-order valence-electron chi connectivity index (χ0n) is 11.9. The zero-order chi connectivity index (χ0) is 15.6. The van der Waals surface area contributed by atoms with Gasteiger partial charge in [0.25, 0.3) is 5.91 Å². The molecule has 0 radical (unpaired) electrons. The van der Waals surface area contributed by atoms with E-state index < -0.39 is 11.9 Å². The predicted octanol–water partition coefficient (Wildman–Crippen LogP) is 1.36. The number of anilines is 1. The summed E-state index contributed by atoms with van der Waals surface area (Å²) in [6, 6.07) is 4.36. The van der Waals surface area contributed by atoms with Crippen LogP contribution in [0.15, 0.2) is 23.0 Å². The van der Waals surface area contributed by atoms with Crippen molar-refractivity contribution in [1.29, 1.82) is 0 Å². The van der Waals surface area contributed by atoms with Crippen molar-refractivity contribution in [1.82, 2.24) is 9.97 Å². The van der Waals surface area contributed by atoms with Gasteiger partial charge in [0.1, 0.15) is 5.69 Å². The fourth-order valence-electron chi connectivity index (χ4n) is 1.96. The molecule has 0 atom stereocenters. The predicted molar refractivity (Wildman–Crippen MR) is 76.6 cm³/mol. The van der Waals surface area contributed by atoms with Gasteiger partial charge in [0.15, 0.2) is 0 Å². The number of aryl methyl sites for hydroxylation is 2. The molecule has 110 valence electrons. The van der Waals surface area contributed by atoms with E-state index >= 15 is 0 Å². The van der Waals surface area contributed by atoms with Gasteiger partial charge in [-0.3, -0.25) is 9.59 Å². The van der Waals surface area contributed by atoms with Crippen LogP contribution in [0.2, 0.25) is 0 Å². The smallest absolute Gasteiger partial charge is 0.356 e. The summed E-state index contributed by atoms with van der Waals surface area (Å²) in [5, 5.41) is 2.59. The number of carbonyl (C=O) groups excluding carboxylic acids is 2. The van der Waals surface area contributed by atoms with Crippen molar-refractivity contribution in [3.63, 3.8) is 0 Å². The van der Waals surface area contributed by atoms with Crippen LogP contribution < -0.4 is 10.9 Å². The van der Waals surface area contributed by atoms with Gasteiger partial charge in [0, 0.05) is 23.0 Å². The molecule has 2 heterocycles. The minimum atomic E-state index is -0.583. The number of esters is 1. The van der Waals surface area contributed by atoms with E-state index in [0.717, 1.165) is 0 Å². The molecule has 0 fully saturated rings. The van der Waals surface area contributed by atoms with Gasteiger partial charge in [-0.2, -0.15) is 0 Å². The Bertz CT molecular complexity index is 758. The number of ether oxygens (including phenoxy) is 1. The van der Waals surface area contributed by atoms with E-state index in [0.29, 0.717) is 17.1 Å². The molecule has 0 aliphatic rings. The van der Waals surface area contributed by atoms with E-state index in [9.17, 15) is 14.4 Å². The van der Waals surface area contributed by atoms with Crippen LogP contribution in [0.3, 0.4) is 0 Å². The molecule has 0 aliphatic carbocycles. The quantitative estimate of drug-likeness (QED) is 0.742. The number of aromatic amines is 2. The fraction of sp³-hybridized carbons (Fsp3) is 0.214. The second-order valence-electron chi connectivity index (χ2n) is 4.60. The minimum Gasteiger partial charge on any atom is -0.464 e.